The van der Waals surface area contributed by atoms with Crippen molar-refractivity contribution in [2.24, 2.45) is 0 Å². The van der Waals surface area contributed by atoms with Crippen LogP contribution in [-0.2, 0) is 0 Å². The van der Waals surface area contributed by atoms with Gasteiger partial charge in [0.2, 0.25) is 0 Å². The van der Waals surface area contributed by atoms with Gasteiger partial charge in [0.25, 0.3) is 0 Å². The van der Waals surface area contributed by atoms with E-state index in [2.05, 4.69) is 52.4 Å². The molecule has 1 nitrogen and oxygen atoms in total. The minimum Gasteiger partial charge on any atom is -0.302 e. The zero-order valence-electron chi connectivity index (χ0n) is 16.7. The highest BCUT2D eigenvalue weighted by Crippen LogP contribution is 2.12. The first-order valence-corrected chi connectivity index (χ1v) is 10.3. The van der Waals surface area contributed by atoms with Crippen LogP contribution < -0.4 is 0 Å². The van der Waals surface area contributed by atoms with E-state index in [0.717, 1.165) is 11.0 Å². The standard InChI is InChI=1S/C22H44N/c1-5-7-8-9-10-11-12-13-14-15-16-17-18-19-20-21-22-23(3,4)6-2/h19-22H,5-18H2,1-4H3/q+1. The lowest BCUT2D eigenvalue weighted by molar-refractivity contribution is -0.836. The van der Waals surface area contributed by atoms with E-state index in [9.17, 15) is 0 Å². The van der Waals surface area contributed by atoms with Crippen LogP contribution in [0.2, 0.25) is 0 Å². The van der Waals surface area contributed by atoms with Gasteiger partial charge in [-0.15, -0.1) is 0 Å². The maximum absolute atomic E-state index is 2.32. The van der Waals surface area contributed by atoms with Crippen LogP contribution in [0.15, 0.2) is 24.4 Å². The Balaban J connectivity index is 3.25. The fourth-order valence-corrected chi connectivity index (χ4v) is 2.67. The third-order valence-electron chi connectivity index (χ3n) is 4.78. The third kappa shape index (κ3) is 17.6. The van der Waals surface area contributed by atoms with Gasteiger partial charge in [0.1, 0.15) is 0 Å². The average Bonchev–Trinajstić information content (AvgIpc) is 2.54. The normalized spacial score (nSPS) is 12.7. The van der Waals surface area contributed by atoms with Crippen LogP contribution in [0.1, 0.15) is 97.3 Å². The van der Waals surface area contributed by atoms with Crippen molar-refractivity contribution in [1.29, 1.82) is 0 Å². The van der Waals surface area contributed by atoms with E-state index < -0.39 is 0 Å². The van der Waals surface area contributed by atoms with Crippen molar-refractivity contribution in [3.8, 4) is 0 Å². The molecule has 0 radical (unpaired) electrons. The van der Waals surface area contributed by atoms with E-state index in [4.69, 9.17) is 0 Å². The van der Waals surface area contributed by atoms with Crippen molar-refractivity contribution < 1.29 is 4.48 Å². The fraction of sp³-hybridized carbons (Fsp3) is 0.818. The Morgan fingerprint density at radius 1 is 0.609 bits per heavy atom. The molecule has 0 fully saturated rings. The van der Waals surface area contributed by atoms with Crippen molar-refractivity contribution in [3.63, 3.8) is 0 Å². The Morgan fingerprint density at radius 3 is 1.57 bits per heavy atom. The molecule has 0 saturated heterocycles. The van der Waals surface area contributed by atoms with Gasteiger partial charge in [-0.25, -0.2) is 0 Å². The molecule has 0 bridgehead atoms. The lowest BCUT2D eigenvalue weighted by atomic mass is 10.0. The molecule has 0 N–H and O–H groups in total. The van der Waals surface area contributed by atoms with Crippen molar-refractivity contribution >= 4 is 0 Å². The highest BCUT2D eigenvalue weighted by molar-refractivity contribution is 4.99. The molecule has 23 heavy (non-hydrogen) atoms. The zero-order valence-corrected chi connectivity index (χ0v) is 16.7. The summed E-state index contributed by atoms with van der Waals surface area (Å²) in [4.78, 5) is 0. The molecule has 0 unspecified atom stereocenters. The second-order valence-electron chi connectivity index (χ2n) is 7.54. The Bertz CT molecular complexity index is 288. The van der Waals surface area contributed by atoms with E-state index in [1.807, 2.05) is 0 Å². The number of unbranched alkanes of at least 4 members (excludes halogenated alkanes) is 12. The number of nitrogens with zero attached hydrogens (tertiary/aromatic N) is 1. The summed E-state index contributed by atoms with van der Waals surface area (Å²) in [6.45, 7) is 5.66. The first-order valence-electron chi connectivity index (χ1n) is 10.3. The first-order chi connectivity index (χ1) is 11.1. The van der Waals surface area contributed by atoms with E-state index >= 15 is 0 Å². The van der Waals surface area contributed by atoms with E-state index in [-0.39, 0.29) is 0 Å². The van der Waals surface area contributed by atoms with Crippen LogP contribution in [0.3, 0.4) is 0 Å². The molecule has 0 aliphatic rings. The van der Waals surface area contributed by atoms with Gasteiger partial charge >= 0.3 is 0 Å². The summed E-state index contributed by atoms with van der Waals surface area (Å²) in [5.41, 5.74) is 0. The number of allylic oxidation sites excluding steroid dienone is 3. The van der Waals surface area contributed by atoms with Gasteiger partial charge in [0.15, 0.2) is 0 Å². The molecule has 0 aromatic heterocycles. The second kappa shape index (κ2) is 16.3. The Kier molecular flexibility index (Phi) is 15.9. The monoisotopic (exact) mass is 322 g/mol. The van der Waals surface area contributed by atoms with Crippen molar-refractivity contribution in [2.75, 3.05) is 20.6 Å². The van der Waals surface area contributed by atoms with Crippen molar-refractivity contribution in [2.45, 2.75) is 97.3 Å². The molecule has 0 saturated carbocycles. The largest absolute Gasteiger partial charge is 0.302 e. The highest BCUT2D eigenvalue weighted by atomic mass is 15.3. The van der Waals surface area contributed by atoms with Crippen LogP contribution in [0.5, 0.6) is 0 Å². The predicted octanol–water partition coefficient (Wildman–Crippen LogP) is 7.24. The average molecular weight is 323 g/mol. The molecule has 0 amide bonds. The summed E-state index contributed by atoms with van der Waals surface area (Å²) in [6, 6.07) is 0. The first kappa shape index (κ1) is 22.4. The Hall–Kier alpha value is -0.560. The minimum absolute atomic E-state index is 0.961. The van der Waals surface area contributed by atoms with E-state index in [0.29, 0.717) is 0 Å². The van der Waals surface area contributed by atoms with Crippen LogP contribution in [0.25, 0.3) is 0 Å². The van der Waals surface area contributed by atoms with Gasteiger partial charge in [-0.05, 0) is 25.8 Å². The smallest absolute Gasteiger partial charge is 0.0954 e. The number of hydrogen-bond donors (Lipinski definition) is 0. The lowest BCUT2D eigenvalue weighted by Gasteiger charge is -2.22. The van der Waals surface area contributed by atoms with Crippen LogP contribution >= 0.6 is 0 Å². The lowest BCUT2D eigenvalue weighted by Crippen LogP contribution is -2.32. The molecule has 0 rings (SSSR count). The maximum atomic E-state index is 2.32. The van der Waals surface area contributed by atoms with Crippen LogP contribution in [-0.4, -0.2) is 25.1 Å². The molecule has 0 heterocycles. The zero-order chi connectivity index (χ0) is 17.2. The van der Waals surface area contributed by atoms with Gasteiger partial charge in [0, 0.05) is 0 Å². The summed E-state index contributed by atoms with van der Waals surface area (Å²) >= 11 is 0. The quantitative estimate of drug-likeness (QED) is 0.159. The minimum atomic E-state index is 0.961. The van der Waals surface area contributed by atoms with Crippen molar-refractivity contribution in [3.05, 3.63) is 24.4 Å². The second-order valence-corrected chi connectivity index (χ2v) is 7.54. The van der Waals surface area contributed by atoms with Gasteiger partial charge in [-0.2, -0.15) is 0 Å². The van der Waals surface area contributed by atoms with E-state index in [1.54, 1.807) is 0 Å². The Labute approximate surface area is 147 Å². The summed E-state index contributed by atoms with van der Waals surface area (Å²) in [5, 5.41) is 0. The molecule has 1 heteroatoms. The summed E-state index contributed by atoms with van der Waals surface area (Å²) < 4.78 is 0.961. The van der Waals surface area contributed by atoms with Crippen molar-refractivity contribution in [1.82, 2.24) is 0 Å². The molecule has 0 aromatic rings. The molecule has 0 spiro atoms. The summed E-state index contributed by atoms with van der Waals surface area (Å²) in [6.07, 6.45) is 27.4. The molecule has 0 aliphatic carbocycles. The molecular formula is C22H44N+. The maximum Gasteiger partial charge on any atom is 0.0954 e. The van der Waals surface area contributed by atoms with Gasteiger partial charge in [0.05, 0.1) is 26.8 Å². The van der Waals surface area contributed by atoms with Gasteiger partial charge < -0.3 is 4.48 Å². The molecular weight excluding hydrogens is 278 g/mol. The summed E-state index contributed by atoms with van der Waals surface area (Å²) in [7, 11) is 4.46. The molecule has 0 aliphatic heterocycles. The van der Waals surface area contributed by atoms with Crippen LogP contribution in [0.4, 0.5) is 0 Å². The fourth-order valence-electron chi connectivity index (χ4n) is 2.67. The number of hydrogen-bond acceptors (Lipinski definition) is 0. The van der Waals surface area contributed by atoms with E-state index in [1.165, 1.54) is 83.5 Å². The van der Waals surface area contributed by atoms with Gasteiger partial charge in [-0.3, -0.25) is 0 Å². The molecule has 0 aromatic carbocycles. The number of quaternary nitrogens is 1. The highest BCUT2D eigenvalue weighted by Gasteiger charge is 2.04. The number of rotatable bonds is 16. The summed E-state index contributed by atoms with van der Waals surface area (Å²) in [5.74, 6) is 0. The molecule has 0 atom stereocenters. The predicted molar refractivity (Wildman–Crippen MR) is 107 cm³/mol. The Morgan fingerprint density at radius 2 is 1.09 bits per heavy atom. The molecule has 136 valence electrons. The SMILES string of the molecule is CCCCCCCCCCCCCCC=CC=C[N+](C)(C)CC. The topological polar surface area (TPSA) is 0 Å². The van der Waals surface area contributed by atoms with Crippen LogP contribution in [0, 0.1) is 0 Å². The third-order valence-corrected chi connectivity index (χ3v) is 4.78. The van der Waals surface area contributed by atoms with Gasteiger partial charge in [-0.1, -0.05) is 89.7 Å².